The van der Waals surface area contributed by atoms with E-state index in [1.165, 1.54) is 12.8 Å². The van der Waals surface area contributed by atoms with Gasteiger partial charge in [0.15, 0.2) is 0 Å². The zero-order chi connectivity index (χ0) is 16.2. The van der Waals surface area contributed by atoms with Crippen molar-refractivity contribution in [3.05, 3.63) is 41.1 Å². The summed E-state index contributed by atoms with van der Waals surface area (Å²) in [5, 5.41) is 0. The summed E-state index contributed by atoms with van der Waals surface area (Å²) in [5.41, 5.74) is 3.06. The van der Waals surface area contributed by atoms with Crippen LogP contribution in [0, 0.1) is 0 Å². The second-order valence-electron chi connectivity index (χ2n) is 5.64. The lowest BCUT2D eigenvalue weighted by molar-refractivity contribution is 0.455. The molecular formula is C17H24BrNO2S. The molecule has 0 saturated carbocycles. The zero-order valence-electron chi connectivity index (χ0n) is 13.3. The highest BCUT2D eigenvalue weighted by atomic mass is 79.9. The van der Waals surface area contributed by atoms with Crippen molar-refractivity contribution in [3.63, 3.8) is 0 Å². The van der Waals surface area contributed by atoms with Gasteiger partial charge in [-0.3, -0.25) is 4.31 Å². The van der Waals surface area contributed by atoms with Crippen molar-refractivity contribution in [1.29, 1.82) is 0 Å². The Hall–Kier alpha value is -0.810. The molecule has 1 atom stereocenters. The zero-order valence-corrected chi connectivity index (χ0v) is 15.7. The first-order valence-corrected chi connectivity index (χ1v) is 10.5. The third kappa shape index (κ3) is 3.93. The molecule has 0 N–H and O–H groups in total. The highest BCUT2D eigenvalue weighted by Gasteiger charge is 2.30. The van der Waals surface area contributed by atoms with E-state index in [4.69, 9.17) is 0 Å². The Balaban J connectivity index is 2.33. The fourth-order valence-electron chi connectivity index (χ4n) is 2.68. The smallest absolute Gasteiger partial charge is 0.234 e. The highest BCUT2D eigenvalue weighted by Crippen LogP contribution is 2.33. The summed E-state index contributed by atoms with van der Waals surface area (Å²) in [7, 11) is -3.25. The molecule has 122 valence electrons. The highest BCUT2D eigenvalue weighted by molar-refractivity contribution is 9.09. The van der Waals surface area contributed by atoms with Gasteiger partial charge in [-0.25, -0.2) is 8.42 Å². The molecule has 0 aromatic heterocycles. The first-order valence-electron chi connectivity index (χ1n) is 7.93. The van der Waals surface area contributed by atoms with Crippen LogP contribution >= 0.6 is 15.9 Å². The molecule has 5 heteroatoms. The molecule has 0 amide bonds. The monoisotopic (exact) mass is 385 g/mol. The SMILES string of the molecule is CCCCCC(Br)C1=Cc2ccccc2CN1S(=O)(=O)CC. The second-order valence-corrected chi connectivity index (χ2v) is 8.93. The molecule has 0 fully saturated rings. The van der Waals surface area contributed by atoms with Gasteiger partial charge in [0.05, 0.1) is 17.1 Å². The minimum Gasteiger partial charge on any atom is -0.268 e. The molecule has 1 aromatic rings. The maximum Gasteiger partial charge on any atom is 0.234 e. The van der Waals surface area contributed by atoms with Crippen molar-refractivity contribution in [3.8, 4) is 0 Å². The van der Waals surface area contributed by atoms with Gasteiger partial charge in [-0.15, -0.1) is 0 Å². The fraction of sp³-hybridized carbons (Fsp3) is 0.529. The predicted octanol–water partition coefficient (Wildman–Crippen LogP) is 4.54. The van der Waals surface area contributed by atoms with E-state index in [0.717, 1.165) is 29.7 Å². The molecule has 0 bridgehead atoms. The standard InChI is InChI=1S/C17H24BrNO2S/c1-3-5-6-11-16(18)17-12-14-9-7-8-10-15(14)13-19(17)22(20,21)4-2/h7-10,12,16H,3-6,11,13H2,1-2H3. The van der Waals surface area contributed by atoms with Crippen LogP contribution in [0.2, 0.25) is 0 Å². The first-order chi connectivity index (χ1) is 10.5. The normalized spacial score (nSPS) is 16.1. The summed E-state index contributed by atoms with van der Waals surface area (Å²) in [6.45, 7) is 4.31. The van der Waals surface area contributed by atoms with Crippen LogP contribution < -0.4 is 0 Å². The number of alkyl halides is 1. The Morgan fingerprint density at radius 1 is 1.23 bits per heavy atom. The van der Waals surface area contributed by atoms with Crippen molar-refractivity contribution >= 4 is 32.0 Å². The molecule has 1 aromatic carbocycles. The topological polar surface area (TPSA) is 37.4 Å². The van der Waals surface area contributed by atoms with E-state index in [-0.39, 0.29) is 10.6 Å². The molecule has 1 unspecified atom stereocenters. The lowest BCUT2D eigenvalue weighted by atomic mass is 10.0. The number of hydrogen-bond acceptors (Lipinski definition) is 2. The molecule has 0 aliphatic carbocycles. The lowest BCUT2D eigenvalue weighted by Gasteiger charge is -2.33. The lowest BCUT2D eigenvalue weighted by Crippen LogP contribution is -2.36. The van der Waals surface area contributed by atoms with Gasteiger partial charge in [0.25, 0.3) is 0 Å². The molecule has 0 spiro atoms. The van der Waals surface area contributed by atoms with E-state index in [2.05, 4.69) is 28.9 Å². The maximum atomic E-state index is 12.5. The van der Waals surface area contributed by atoms with E-state index in [0.29, 0.717) is 6.54 Å². The van der Waals surface area contributed by atoms with Gasteiger partial charge in [0.2, 0.25) is 10.0 Å². The number of allylic oxidation sites excluding steroid dienone is 1. The van der Waals surface area contributed by atoms with E-state index in [1.54, 1.807) is 11.2 Å². The number of rotatable bonds is 7. The number of fused-ring (bicyclic) bond motifs is 1. The molecule has 3 nitrogen and oxygen atoms in total. The van der Waals surface area contributed by atoms with Crippen LogP contribution in [0.5, 0.6) is 0 Å². The fourth-order valence-corrected chi connectivity index (χ4v) is 4.67. The summed E-state index contributed by atoms with van der Waals surface area (Å²) >= 11 is 3.71. The molecule has 1 aliphatic heterocycles. The van der Waals surface area contributed by atoms with Crippen LogP contribution in [0.1, 0.15) is 50.7 Å². The molecule has 1 aliphatic rings. The third-order valence-electron chi connectivity index (χ3n) is 4.04. The Labute approximate surface area is 142 Å². The number of unbranched alkanes of at least 4 members (excludes halogenated alkanes) is 2. The number of hydrogen-bond donors (Lipinski definition) is 0. The van der Waals surface area contributed by atoms with Crippen molar-refractivity contribution in [2.45, 2.75) is 50.9 Å². The largest absolute Gasteiger partial charge is 0.268 e. The number of nitrogens with zero attached hydrogens (tertiary/aromatic N) is 1. The first kappa shape index (κ1) is 17.5. The summed E-state index contributed by atoms with van der Waals surface area (Å²) in [6, 6.07) is 8.01. The van der Waals surface area contributed by atoms with Gasteiger partial charge in [-0.05, 0) is 30.5 Å². The molecular weight excluding hydrogens is 362 g/mol. The third-order valence-corrected chi connectivity index (χ3v) is 6.71. The van der Waals surface area contributed by atoms with Gasteiger partial charge in [-0.1, -0.05) is 66.4 Å². The number of sulfonamides is 1. The van der Waals surface area contributed by atoms with Gasteiger partial charge in [0.1, 0.15) is 0 Å². The Kier molecular flexibility index (Phi) is 6.09. The Morgan fingerprint density at radius 2 is 1.95 bits per heavy atom. The minimum absolute atomic E-state index is 0.0775. The van der Waals surface area contributed by atoms with Gasteiger partial charge in [0, 0.05) is 5.70 Å². The molecule has 22 heavy (non-hydrogen) atoms. The Morgan fingerprint density at radius 3 is 2.64 bits per heavy atom. The summed E-state index contributed by atoms with van der Waals surface area (Å²) < 4.78 is 26.5. The molecule has 2 rings (SSSR count). The molecule has 0 saturated heterocycles. The van der Waals surface area contributed by atoms with Gasteiger partial charge >= 0.3 is 0 Å². The van der Waals surface area contributed by atoms with Crippen LogP contribution in [0.4, 0.5) is 0 Å². The number of halogens is 1. The van der Waals surface area contributed by atoms with Gasteiger partial charge < -0.3 is 0 Å². The summed E-state index contributed by atoms with van der Waals surface area (Å²) in [5.74, 6) is 0.126. The van der Waals surface area contributed by atoms with Crippen LogP contribution in [-0.2, 0) is 16.6 Å². The van der Waals surface area contributed by atoms with E-state index in [9.17, 15) is 8.42 Å². The van der Waals surface area contributed by atoms with E-state index >= 15 is 0 Å². The second kappa shape index (κ2) is 7.64. The van der Waals surface area contributed by atoms with Crippen molar-refractivity contribution < 1.29 is 8.42 Å². The van der Waals surface area contributed by atoms with Crippen LogP contribution in [0.3, 0.4) is 0 Å². The van der Waals surface area contributed by atoms with Crippen molar-refractivity contribution in [1.82, 2.24) is 4.31 Å². The van der Waals surface area contributed by atoms with Gasteiger partial charge in [-0.2, -0.15) is 0 Å². The summed E-state index contributed by atoms with van der Waals surface area (Å²) in [6.07, 6.45) is 6.42. The average Bonchev–Trinajstić information content (AvgIpc) is 2.53. The quantitative estimate of drug-likeness (QED) is 0.510. The van der Waals surface area contributed by atoms with E-state index in [1.807, 2.05) is 24.3 Å². The minimum atomic E-state index is -3.25. The molecule has 0 radical (unpaired) electrons. The van der Waals surface area contributed by atoms with Crippen LogP contribution in [0.25, 0.3) is 6.08 Å². The maximum absolute atomic E-state index is 12.5. The van der Waals surface area contributed by atoms with Crippen LogP contribution in [0.15, 0.2) is 30.0 Å². The van der Waals surface area contributed by atoms with Crippen molar-refractivity contribution in [2.75, 3.05) is 5.75 Å². The van der Waals surface area contributed by atoms with Crippen molar-refractivity contribution in [2.24, 2.45) is 0 Å². The molecule has 1 heterocycles. The number of benzene rings is 1. The predicted molar refractivity (Wildman–Crippen MR) is 96.3 cm³/mol. The average molecular weight is 386 g/mol. The summed E-state index contributed by atoms with van der Waals surface area (Å²) in [4.78, 5) is 0.0775. The van der Waals surface area contributed by atoms with E-state index < -0.39 is 10.0 Å². The van der Waals surface area contributed by atoms with Crippen LogP contribution in [-0.4, -0.2) is 23.3 Å². The Bertz CT molecular complexity index is 640.